The Bertz CT molecular complexity index is 1190. The number of halogens is 3. The summed E-state index contributed by atoms with van der Waals surface area (Å²) >= 11 is 0. The first-order valence-electron chi connectivity index (χ1n) is 10.9. The van der Waals surface area contributed by atoms with Gasteiger partial charge >= 0.3 is 6.18 Å². The number of carbonyl (C=O) groups excluding carboxylic acids is 1. The molecule has 0 fully saturated rings. The molecule has 1 aliphatic heterocycles. The van der Waals surface area contributed by atoms with Gasteiger partial charge in [0.1, 0.15) is 11.6 Å². The molecule has 0 aliphatic carbocycles. The van der Waals surface area contributed by atoms with Crippen LogP contribution in [0.2, 0.25) is 0 Å². The first kappa shape index (κ1) is 24.2. The molecular weight excluding hydrogens is 465 g/mol. The van der Waals surface area contributed by atoms with Crippen molar-refractivity contribution in [2.45, 2.75) is 31.6 Å². The minimum atomic E-state index is -4.57. The second-order valence-electron chi connectivity index (χ2n) is 7.88. The Balaban J connectivity index is 1.60. The Morgan fingerprint density at radius 3 is 2.46 bits per heavy atom. The quantitative estimate of drug-likeness (QED) is 0.473. The molecule has 2 aromatic carbocycles. The summed E-state index contributed by atoms with van der Waals surface area (Å²) in [5.74, 6) is 0.987. The van der Waals surface area contributed by atoms with Crippen molar-refractivity contribution in [1.29, 1.82) is 0 Å². The largest absolute Gasteiger partial charge is 0.494 e. The molecule has 8 nitrogen and oxygen atoms in total. The number of anilines is 2. The average Bonchev–Trinajstić information content (AvgIpc) is 3.28. The van der Waals surface area contributed by atoms with E-state index in [4.69, 9.17) is 14.2 Å². The zero-order chi connectivity index (χ0) is 25.2. The van der Waals surface area contributed by atoms with E-state index >= 15 is 0 Å². The molecule has 11 heteroatoms. The number of nitrogens with zero attached hydrogens (tertiary/aromatic N) is 2. The predicted octanol–water partition coefficient (Wildman–Crippen LogP) is 5.21. The number of ether oxygens (including phenoxy) is 3. The van der Waals surface area contributed by atoms with Crippen LogP contribution in [-0.4, -0.2) is 42.7 Å². The number of carbonyl (C=O) groups is 1. The van der Waals surface area contributed by atoms with Gasteiger partial charge in [0.05, 0.1) is 26.9 Å². The van der Waals surface area contributed by atoms with Crippen LogP contribution in [0.15, 0.2) is 48.5 Å². The van der Waals surface area contributed by atoms with Crippen molar-refractivity contribution in [3.8, 4) is 17.2 Å². The number of fused-ring (bicyclic) bond motifs is 1. The number of hydrogen-bond acceptors (Lipinski definition) is 6. The summed E-state index contributed by atoms with van der Waals surface area (Å²) in [7, 11) is 2.94. The molecule has 2 heterocycles. The van der Waals surface area contributed by atoms with E-state index in [1.165, 1.54) is 20.3 Å². The molecule has 0 radical (unpaired) electrons. The van der Waals surface area contributed by atoms with Crippen molar-refractivity contribution in [2.75, 3.05) is 31.5 Å². The van der Waals surface area contributed by atoms with E-state index in [9.17, 15) is 18.0 Å². The lowest BCUT2D eigenvalue weighted by Crippen LogP contribution is -2.35. The predicted molar refractivity (Wildman–Crippen MR) is 123 cm³/mol. The van der Waals surface area contributed by atoms with Crippen LogP contribution in [0.3, 0.4) is 0 Å². The minimum Gasteiger partial charge on any atom is -0.494 e. The molecule has 1 aliphatic rings. The molecule has 0 unspecified atom stereocenters. The third-order valence-corrected chi connectivity index (χ3v) is 5.66. The highest BCUT2D eigenvalue weighted by Gasteiger charge is 2.47. The van der Waals surface area contributed by atoms with E-state index in [-0.39, 0.29) is 17.9 Å². The van der Waals surface area contributed by atoms with E-state index < -0.39 is 24.2 Å². The van der Waals surface area contributed by atoms with Crippen LogP contribution in [0.1, 0.15) is 41.5 Å². The van der Waals surface area contributed by atoms with E-state index in [1.54, 1.807) is 42.5 Å². The van der Waals surface area contributed by atoms with E-state index in [0.717, 1.165) is 4.68 Å². The number of amides is 1. The third-order valence-electron chi connectivity index (χ3n) is 5.66. The Kier molecular flexibility index (Phi) is 6.77. The zero-order valence-corrected chi connectivity index (χ0v) is 19.3. The molecule has 186 valence electrons. The van der Waals surface area contributed by atoms with Crippen LogP contribution in [0.4, 0.5) is 24.7 Å². The number of rotatable bonds is 7. The maximum absolute atomic E-state index is 14.0. The minimum absolute atomic E-state index is 0.0928. The summed E-state index contributed by atoms with van der Waals surface area (Å²) in [4.78, 5) is 12.7. The zero-order valence-electron chi connectivity index (χ0n) is 19.3. The molecule has 0 spiro atoms. The lowest BCUT2D eigenvalue weighted by atomic mass is 9.96. The second-order valence-corrected chi connectivity index (χ2v) is 7.88. The highest BCUT2D eigenvalue weighted by atomic mass is 19.4. The van der Waals surface area contributed by atoms with Crippen LogP contribution in [0.5, 0.6) is 17.2 Å². The normalized spacial score (nSPS) is 17.2. The maximum atomic E-state index is 14.0. The van der Waals surface area contributed by atoms with E-state index in [1.807, 2.05) is 6.92 Å². The van der Waals surface area contributed by atoms with Gasteiger partial charge in [0.2, 0.25) is 0 Å². The highest BCUT2D eigenvalue weighted by Crippen LogP contribution is 2.44. The topological polar surface area (TPSA) is 86.6 Å². The van der Waals surface area contributed by atoms with Gasteiger partial charge < -0.3 is 24.8 Å². The van der Waals surface area contributed by atoms with Crippen molar-refractivity contribution >= 4 is 17.4 Å². The fraction of sp³-hybridized carbons (Fsp3) is 0.333. The summed E-state index contributed by atoms with van der Waals surface area (Å²) in [6, 6.07) is 10.3. The Labute approximate surface area is 200 Å². The van der Waals surface area contributed by atoms with Crippen LogP contribution in [-0.2, 0) is 0 Å². The van der Waals surface area contributed by atoms with Crippen molar-refractivity contribution in [1.82, 2.24) is 9.78 Å². The van der Waals surface area contributed by atoms with Gasteiger partial charge in [-0.05, 0) is 48.9 Å². The highest BCUT2D eigenvalue weighted by molar-refractivity contribution is 6.03. The molecule has 3 aromatic rings. The SMILES string of the molecule is CCOc1ccc(NC(=O)c2cc3n(n2)[C@H](C(F)(F)F)C[C@H](c2ccc(OC)c(OC)c2)N3)cc1. The van der Waals surface area contributed by atoms with Crippen LogP contribution >= 0.6 is 0 Å². The van der Waals surface area contributed by atoms with E-state index in [0.29, 0.717) is 35.1 Å². The van der Waals surface area contributed by atoms with Crippen molar-refractivity contribution in [3.63, 3.8) is 0 Å². The molecule has 0 bridgehead atoms. The van der Waals surface area contributed by atoms with Gasteiger partial charge in [0, 0.05) is 18.2 Å². The molecule has 35 heavy (non-hydrogen) atoms. The first-order valence-corrected chi connectivity index (χ1v) is 10.9. The van der Waals surface area contributed by atoms with E-state index in [2.05, 4.69) is 15.7 Å². The Hall–Kier alpha value is -3.89. The van der Waals surface area contributed by atoms with Crippen molar-refractivity contribution < 1.29 is 32.2 Å². The van der Waals surface area contributed by atoms with Gasteiger partial charge in [-0.1, -0.05) is 6.07 Å². The maximum Gasteiger partial charge on any atom is 0.410 e. The molecular formula is C24H25F3N4O4. The molecule has 1 aromatic heterocycles. The van der Waals surface area contributed by atoms with Crippen LogP contribution < -0.4 is 24.8 Å². The number of methoxy groups -OCH3 is 2. The number of hydrogen-bond donors (Lipinski definition) is 2. The number of benzene rings is 2. The number of aromatic nitrogens is 2. The van der Waals surface area contributed by atoms with Gasteiger partial charge in [0.25, 0.3) is 5.91 Å². The third kappa shape index (κ3) is 5.13. The smallest absolute Gasteiger partial charge is 0.410 e. The molecule has 4 rings (SSSR count). The van der Waals surface area contributed by atoms with Gasteiger partial charge in [0.15, 0.2) is 23.2 Å². The summed E-state index contributed by atoms with van der Waals surface area (Å²) in [6.45, 7) is 2.36. The molecule has 0 saturated carbocycles. The molecule has 0 saturated heterocycles. The second kappa shape index (κ2) is 9.77. The average molecular weight is 490 g/mol. The van der Waals surface area contributed by atoms with Gasteiger partial charge in [-0.25, -0.2) is 4.68 Å². The summed E-state index contributed by atoms with van der Waals surface area (Å²) < 4.78 is 58.7. The van der Waals surface area contributed by atoms with Gasteiger partial charge in [-0.15, -0.1) is 0 Å². The van der Waals surface area contributed by atoms with Crippen molar-refractivity contribution in [2.24, 2.45) is 0 Å². The molecule has 2 atom stereocenters. The monoisotopic (exact) mass is 490 g/mol. The van der Waals surface area contributed by atoms with Gasteiger partial charge in [-0.2, -0.15) is 18.3 Å². The molecule has 1 amide bonds. The lowest BCUT2D eigenvalue weighted by Gasteiger charge is -2.33. The molecule has 2 N–H and O–H groups in total. The lowest BCUT2D eigenvalue weighted by molar-refractivity contribution is -0.173. The van der Waals surface area contributed by atoms with Crippen LogP contribution in [0.25, 0.3) is 0 Å². The Morgan fingerprint density at radius 1 is 1.11 bits per heavy atom. The van der Waals surface area contributed by atoms with Gasteiger partial charge in [-0.3, -0.25) is 4.79 Å². The first-order chi connectivity index (χ1) is 16.7. The summed E-state index contributed by atoms with van der Waals surface area (Å²) in [5.41, 5.74) is 0.918. The fourth-order valence-electron chi connectivity index (χ4n) is 3.97. The summed E-state index contributed by atoms with van der Waals surface area (Å²) in [5, 5.41) is 9.71. The Morgan fingerprint density at radius 2 is 1.83 bits per heavy atom. The number of alkyl halides is 3. The number of nitrogens with one attached hydrogen (secondary N) is 2. The standard InChI is InChI=1S/C24H25F3N4O4/c1-4-35-16-8-6-15(7-9-16)28-23(32)18-13-22-29-17(12-21(24(25,26)27)31(22)30-18)14-5-10-19(33-2)20(11-14)34-3/h5-11,13,17,21,29H,4,12H2,1-3H3,(H,28,32)/t17-,21+/m1/s1. The summed E-state index contributed by atoms with van der Waals surface area (Å²) in [6.07, 6.45) is -4.88. The van der Waals surface area contributed by atoms with Crippen molar-refractivity contribution in [3.05, 3.63) is 59.8 Å². The fourth-order valence-corrected chi connectivity index (χ4v) is 3.97. The van der Waals surface area contributed by atoms with Crippen LogP contribution in [0, 0.1) is 0 Å².